The van der Waals surface area contributed by atoms with E-state index < -0.39 is 22.8 Å². The predicted octanol–water partition coefficient (Wildman–Crippen LogP) is 5.50. The molecule has 0 saturated carbocycles. The van der Waals surface area contributed by atoms with Crippen LogP contribution < -0.4 is 0 Å². The summed E-state index contributed by atoms with van der Waals surface area (Å²) in [6, 6.07) is 6.36. The fraction of sp³-hybridized carbons (Fsp3) is 0.143. The van der Waals surface area contributed by atoms with E-state index in [1.807, 2.05) is 0 Å². The first-order chi connectivity index (χ1) is 8.91. The van der Waals surface area contributed by atoms with E-state index in [4.69, 9.17) is 11.6 Å². The molecule has 0 aliphatic heterocycles. The lowest BCUT2D eigenvalue weighted by atomic mass is 10.0. The molecule has 0 bridgehead atoms. The Labute approximate surface area is 122 Å². The minimum Gasteiger partial charge on any atom is -0.207 e. The van der Waals surface area contributed by atoms with Crippen molar-refractivity contribution in [3.63, 3.8) is 0 Å². The highest BCUT2D eigenvalue weighted by Crippen LogP contribution is 2.37. The predicted molar refractivity (Wildman–Crippen MR) is 72.9 cm³/mol. The Morgan fingerprint density at radius 1 is 1.05 bits per heavy atom. The number of alkyl halides is 1. The summed E-state index contributed by atoms with van der Waals surface area (Å²) in [6.07, 6.45) is 0. The molecule has 1 atom stereocenters. The van der Waals surface area contributed by atoms with Crippen LogP contribution in [0.2, 0.25) is 0 Å². The van der Waals surface area contributed by atoms with Crippen molar-refractivity contribution in [2.75, 3.05) is 0 Å². The summed E-state index contributed by atoms with van der Waals surface area (Å²) in [4.78, 5) is 0. The molecular weight excluding hydrogens is 341 g/mol. The molecule has 2 aromatic rings. The van der Waals surface area contributed by atoms with E-state index >= 15 is 0 Å². The van der Waals surface area contributed by atoms with Crippen LogP contribution in [0.4, 0.5) is 13.2 Å². The summed E-state index contributed by atoms with van der Waals surface area (Å²) in [5.41, 5.74) is 0.180. The summed E-state index contributed by atoms with van der Waals surface area (Å²) in [5.74, 6) is -1.81. The van der Waals surface area contributed by atoms with E-state index in [1.54, 1.807) is 6.07 Å². The molecule has 0 aromatic heterocycles. The average molecular weight is 350 g/mol. The lowest BCUT2D eigenvalue weighted by molar-refractivity contribution is 0.574. The van der Waals surface area contributed by atoms with Gasteiger partial charge in [-0.25, -0.2) is 13.2 Å². The monoisotopic (exact) mass is 348 g/mol. The molecule has 0 radical (unpaired) electrons. The summed E-state index contributed by atoms with van der Waals surface area (Å²) in [5, 5.41) is -1.11. The molecule has 0 heterocycles. The van der Waals surface area contributed by atoms with Gasteiger partial charge in [0.1, 0.15) is 17.5 Å². The number of halogens is 5. The van der Waals surface area contributed by atoms with E-state index in [2.05, 4.69) is 15.9 Å². The zero-order chi connectivity index (χ0) is 14.2. The zero-order valence-corrected chi connectivity index (χ0v) is 12.2. The molecule has 19 heavy (non-hydrogen) atoms. The smallest absolute Gasteiger partial charge is 0.129 e. The van der Waals surface area contributed by atoms with E-state index in [1.165, 1.54) is 19.1 Å². The maximum atomic E-state index is 13.8. The summed E-state index contributed by atoms with van der Waals surface area (Å²) >= 11 is 9.26. The Morgan fingerprint density at radius 2 is 1.74 bits per heavy atom. The molecule has 0 saturated heterocycles. The first kappa shape index (κ1) is 14.4. The third-order valence-corrected chi connectivity index (χ3v) is 3.95. The van der Waals surface area contributed by atoms with Gasteiger partial charge in [-0.05, 0) is 36.8 Å². The van der Waals surface area contributed by atoms with Gasteiger partial charge in [-0.1, -0.05) is 22.0 Å². The standard InChI is InChI=1S/C14H9BrClF3/c1-7-5-12(19)8(6-11(7)18)14(16)13-9(15)3-2-4-10(13)17/h2-6,14H,1H3. The second kappa shape index (κ2) is 5.55. The molecule has 0 N–H and O–H groups in total. The minimum absolute atomic E-state index is 0.0874. The van der Waals surface area contributed by atoms with Crippen molar-refractivity contribution in [1.29, 1.82) is 0 Å². The normalized spacial score (nSPS) is 12.5. The highest BCUT2D eigenvalue weighted by atomic mass is 79.9. The summed E-state index contributed by atoms with van der Waals surface area (Å²) in [7, 11) is 0. The highest BCUT2D eigenvalue weighted by molar-refractivity contribution is 9.10. The second-order valence-electron chi connectivity index (χ2n) is 4.12. The van der Waals surface area contributed by atoms with Gasteiger partial charge in [0.25, 0.3) is 0 Å². The lowest BCUT2D eigenvalue weighted by Crippen LogP contribution is -2.03. The maximum absolute atomic E-state index is 13.8. The van der Waals surface area contributed by atoms with Crippen LogP contribution in [0.15, 0.2) is 34.8 Å². The van der Waals surface area contributed by atoms with Crippen molar-refractivity contribution in [1.82, 2.24) is 0 Å². The van der Waals surface area contributed by atoms with Crippen molar-refractivity contribution >= 4 is 27.5 Å². The summed E-state index contributed by atoms with van der Waals surface area (Å²) < 4.78 is 41.5. The molecule has 1 unspecified atom stereocenters. The Hall–Kier alpha value is -1.00. The number of hydrogen-bond acceptors (Lipinski definition) is 0. The Balaban J connectivity index is 2.56. The van der Waals surface area contributed by atoms with Crippen molar-refractivity contribution in [3.05, 3.63) is 68.9 Å². The molecule has 5 heteroatoms. The zero-order valence-electron chi connectivity index (χ0n) is 9.85. The van der Waals surface area contributed by atoms with Gasteiger partial charge >= 0.3 is 0 Å². The SMILES string of the molecule is Cc1cc(F)c(C(Cl)c2c(F)cccc2Br)cc1F. The van der Waals surface area contributed by atoms with Crippen LogP contribution in [0.3, 0.4) is 0 Å². The average Bonchev–Trinajstić information content (AvgIpc) is 2.33. The highest BCUT2D eigenvalue weighted by Gasteiger charge is 2.22. The van der Waals surface area contributed by atoms with Gasteiger partial charge in [0, 0.05) is 15.6 Å². The molecular formula is C14H9BrClF3. The minimum atomic E-state index is -1.11. The maximum Gasteiger partial charge on any atom is 0.129 e. The fourth-order valence-electron chi connectivity index (χ4n) is 1.76. The molecule has 0 amide bonds. The van der Waals surface area contributed by atoms with Crippen LogP contribution in [0.25, 0.3) is 0 Å². The van der Waals surface area contributed by atoms with Crippen LogP contribution >= 0.6 is 27.5 Å². The number of rotatable bonds is 2. The molecule has 0 aliphatic rings. The Morgan fingerprint density at radius 3 is 2.37 bits per heavy atom. The van der Waals surface area contributed by atoms with Gasteiger partial charge in [-0.2, -0.15) is 0 Å². The van der Waals surface area contributed by atoms with Crippen LogP contribution in [-0.2, 0) is 0 Å². The number of aryl methyl sites for hydroxylation is 1. The van der Waals surface area contributed by atoms with Gasteiger partial charge in [0.2, 0.25) is 0 Å². The first-order valence-corrected chi connectivity index (χ1v) is 6.68. The van der Waals surface area contributed by atoms with E-state index in [0.717, 1.165) is 12.1 Å². The lowest BCUT2D eigenvalue weighted by Gasteiger charge is -2.15. The largest absolute Gasteiger partial charge is 0.207 e. The third kappa shape index (κ3) is 2.79. The molecule has 0 fully saturated rings. The molecule has 2 rings (SSSR count). The molecule has 0 spiro atoms. The van der Waals surface area contributed by atoms with Crippen LogP contribution in [0.1, 0.15) is 22.1 Å². The Kier molecular flexibility index (Phi) is 4.21. The molecule has 0 nitrogen and oxygen atoms in total. The van der Waals surface area contributed by atoms with Crippen molar-refractivity contribution in [2.24, 2.45) is 0 Å². The number of benzene rings is 2. The molecule has 100 valence electrons. The first-order valence-electron chi connectivity index (χ1n) is 5.45. The van der Waals surface area contributed by atoms with Crippen LogP contribution in [-0.4, -0.2) is 0 Å². The third-order valence-electron chi connectivity index (χ3n) is 2.80. The second-order valence-corrected chi connectivity index (χ2v) is 5.41. The van der Waals surface area contributed by atoms with E-state index in [0.29, 0.717) is 4.47 Å². The van der Waals surface area contributed by atoms with Crippen LogP contribution in [0.5, 0.6) is 0 Å². The molecule has 2 aromatic carbocycles. The Bertz CT molecular complexity index is 608. The van der Waals surface area contributed by atoms with Gasteiger partial charge in [0.15, 0.2) is 0 Å². The summed E-state index contributed by atoms with van der Waals surface area (Å²) in [6.45, 7) is 1.45. The molecule has 0 aliphatic carbocycles. The number of hydrogen-bond donors (Lipinski definition) is 0. The van der Waals surface area contributed by atoms with Crippen molar-refractivity contribution in [2.45, 2.75) is 12.3 Å². The van der Waals surface area contributed by atoms with Gasteiger partial charge in [-0.3, -0.25) is 0 Å². The van der Waals surface area contributed by atoms with Gasteiger partial charge in [-0.15, -0.1) is 11.6 Å². The topological polar surface area (TPSA) is 0 Å². The van der Waals surface area contributed by atoms with Crippen LogP contribution in [0, 0.1) is 24.4 Å². The van der Waals surface area contributed by atoms with Gasteiger partial charge in [0.05, 0.1) is 5.38 Å². The van der Waals surface area contributed by atoms with Crippen molar-refractivity contribution in [3.8, 4) is 0 Å². The van der Waals surface area contributed by atoms with E-state index in [9.17, 15) is 13.2 Å². The van der Waals surface area contributed by atoms with Crippen molar-refractivity contribution < 1.29 is 13.2 Å². The van der Waals surface area contributed by atoms with Gasteiger partial charge < -0.3 is 0 Å². The fourth-order valence-corrected chi connectivity index (χ4v) is 2.86. The quantitative estimate of drug-likeness (QED) is 0.628. The van der Waals surface area contributed by atoms with E-state index in [-0.39, 0.29) is 16.7 Å².